The van der Waals surface area contributed by atoms with Crippen LogP contribution in [0.15, 0.2) is 77.7 Å². The van der Waals surface area contributed by atoms with E-state index >= 15 is 0 Å². The van der Waals surface area contributed by atoms with Crippen molar-refractivity contribution in [3.63, 3.8) is 0 Å². The molecule has 0 heterocycles. The van der Waals surface area contributed by atoms with Crippen molar-refractivity contribution in [3.8, 4) is 5.75 Å². The molecular formula is C23H24O5S. The molecule has 0 fully saturated rings. The molecule has 0 bridgehead atoms. The van der Waals surface area contributed by atoms with Crippen LogP contribution in [0.25, 0.3) is 0 Å². The average Bonchev–Trinajstić information content (AvgIpc) is 2.70. The summed E-state index contributed by atoms with van der Waals surface area (Å²) in [4.78, 5) is -0.222. The van der Waals surface area contributed by atoms with Crippen LogP contribution >= 0.6 is 0 Å². The Labute approximate surface area is 171 Å². The standard InChI is InChI=1S/C23H24O5S/c1-17-14-15-21(24)20(23(17)29(25,26)27)13-8-16-28-22(18-9-4-2-5-10-18)19-11-6-3-7-12-19/h2-7,9-12,14-15,22,24H,8,13,16H2,1H3,(H,25,26,27). The van der Waals surface area contributed by atoms with Crippen LogP contribution < -0.4 is 0 Å². The summed E-state index contributed by atoms with van der Waals surface area (Å²) in [5.74, 6) is -0.147. The number of hydrogen-bond acceptors (Lipinski definition) is 4. The molecule has 0 atom stereocenters. The van der Waals surface area contributed by atoms with Crippen molar-refractivity contribution in [2.24, 2.45) is 0 Å². The van der Waals surface area contributed by atoms with E-state index in [-0.39, 0.29) is 28.7 Å². The average molecular weight is 413 g/mol. The van der Waals surface area contributed by atoms with Gasteiger partial charge in [0.1, 0.15) is 16.7 Å². The number of phenols is 1. The van der Waals surface area contributed by atoms with E-state index in [0.717, 1.165) is 11.1 Å². The summed E-state index contributed by atoms with van der Waals surface area (Å²) in [6.45, 7) is 1.94. The van der Waals surface area contributed by atoms with Crippen LogP contribution in [-0.2, 0) is 21.3 Å². The molecule has 6 heteroatoms. The zero-order chi connectivity index (χ0) is 20.9. The maximum absolute atomic E-state index is 11.8. The summed E-state index contributed by atoms with van der Waals surface area (Å²) in [6, 6.07) is 22.6. The van der Waals surface area contributed by atoms with Crippen LogP contribution in [0.2, 0.25) is 0 Å². The van der Waals surface area contributed by atoms with Gasteiger partial charge in [0, 0.05) is 12.2 Å². The highest BCUT2D eigenvalue weighted by Crippen LogP contribution is 2.30. The quantitative estimate of drug-likeness (QED) is 0.414. The molecule has 2 N–H and O–H groups in total. The molecule has 0 aliphatic heterocycles. The summed E-state index contributed by atoms with van der Waals surface area (Å²) in [6.07, 6.45) is 0.499. The molecule has 29 heavy (non-hydrogen) atoms. The lowest BCUT2D eigenvalue weighted by molar-refractivity contribution is 0.0782. The first kappa shape index (κ1) is 21.0. The van der Waals surface area contributed by atoms with Crippen LogP contribution in [0.3, 0.4) is 0 Å². The minimum atomic E-state index is -4.43. The van der Waals surface area contributed by atoms with Crippen LogP contribution in [-0.4, -0.2) is 24.7 Å². The van der Waals surface area contributed by atoms with Crippen LogP contribution in [0.1, 0.15) is 34.8 Å². The number of phenolic OH excluding ortho intramolecular Hbond substituents is 1. The van der Waals surface area contributed by atoms with Gasteiger partial charge in [-0.15, -0.1) is 0 Å². The molecule has 0 aliphatic carbocycles. The summed E-state index contributed by atoms with van der Waals surface area (Å²) in [7, 11) is -4.43. The summed E-state index contributed by atoms with van der Waals surface area (Å²) < 4.78 is 39.2. The number of aryl methyl sites for hydroxylation is 1. The second-order valence-corrected chi connectivity index (χ2v) is 8.22. The van der Waals surface area contributed by atoms with Gasteiger partial charge in [0.05, 0.1) is 0 Å². The van der Waals surface area contributed by atoms with Crippen molar-refractivity contribution in [1.82, 2.24) is 0 Å². The fourth-order valence-electron chi connectivity index (χ4n) is 3.43. The third-order valence-corrected chi connectivity index (χ3v) is 5.84. The van der Waals surface area contributed by atoms with Crippen molar-refractivity contribution in [2.75, 3.05) is 6.61 Å². The third-order valence-electron chi connectivity index (χ3n) is 4.75. The van der Waals surface area contributed by atoms with E-state index in [9.17, 15) is 18.1 Å². The largest absolute Gasteiger partial charge is 0.508 e. The highest BCUT2D eigenvalue weighted by Gasteiger charge is 2.21. The predicted molar refractivity (Wildman–Crippen MR) is 112 cm³/mol. The molecule has 5 nitrogen and oxygen atoms in total. The van der Waals surface area contributed by atoms with Crippen molar-refractivity contribution >= 4 is 10.1 Å². The van der Waals surface area contributed by atoms with Crippen molar-refractivity contribution in [2.45, 2.75) is 30.8 Å². The lowest BCUT2D eigenvalue weighted by Gasteiger charge is -2.19. The predicted octanol–water partition coefficient (Wildman–Crippen LogP) is 4.69. The van der Waals surface area contributed by atoms with E-state index in [1.807, 2.05) is 60.7 Å². The molecule has 0 radical (unpaired) electrons. The van der Waals surface area contributed by atoms with Gasteiger partial charge in [-0.2, -0.15) is 8.42 Å². The third kappa shape index (κ3) is 5.23. The highest BCUT2D eigenvalue weighted by atomic mass is 32.2. The van der Waals surface area contributed by atoms with Crippen LogP contribution in [0, 0.1) is 6.92 Å². The van der Waals surface area contributed by atoms with Gasteiger partial charge in [-0.1, -0.05) is 66.7 Å². The van der Waals surface area contributed by atoms with Gasteiger partial charge in [0.2, 0.25) is 0 Å². The maximum Gasteiger partial charge on any atom is 0.295 e. The lowest BCUT2D eigenvalue weighted by atomic mass is 10.0. The fraction of sp³-hybridized carbons (Fsp3) is 0.217. The minimum Gasteiger partial charge on any atom is -0.508 e. The Morgan fingerprint density at radius 3 is 1.97 bits per heavy atom. The molecule has 0 saturated heterocycles. The molecule has 0 aliphatic rings. The number of aromatic hydroxyl groups is 1. The van der Waals surface area contributed by atoms with Crippen molar-refractivity contribution in [1.29, 1.82) is 0 Å². The Morgan fingerprint density at radius 1 is 0.897 bits per heavy atom. The van der Waals surface area contributed by atoms with Crippen molar-refractivity contribution < 1.29 is 22.8 Å². The van der Waals surface area contributed by atoms with E-state index in [1.165, 1.54) is 12.1 Å². The second kappa shape index (κ2) is 9.22. The monoisotopic (exact) mass is 412 g/mol. The molecule has 3 aromatic rings. The molecule has 0 aromatic heterocycles. The minimum absolute atomic E-state index is 0.147. The summed E-state index contributed by atoms with van der Waals surface area (Å²) in [5.41, 5.74) is 2.66. The smallest absolute Gasteiger partial charge is 0.295 e. The van der Waals surface area contributed by atoms with Gasteiger partial charge < -0.3 is 9.84 Å². The first-order valence-corrected chi connectivity index (χ1v) is 10.8. The molecular weight excluding hydrogens is 388 g/mol. The van der Waals surface area contributed by atoms with E-state index in [0.29, 0.717) is 18.6 Å². The fourth-order valence-corrected chi connectivity index (χ4v) is 4.42. The first-order chi connectivity index (χ1) is 13.9. The molecule has 3 rings (SSSR count). The molecule has 3 aromatic carbocycles. The zero-order valence-corrected chi connectivity index (χ0v) is 17.0. The normalized spacial score (nSPS) is 11.7. The van der Waals surface area contributed by atoms with E-state index in [2.05, 4.69) is 0 Å². The van der Waals surface area contributed by atoms with Gasteiger partial charge in [0.25, 0.3) is 10.1 Å². The molecule has 0 unspecified atom stereocenters. The molecule has 152 valence electrons. The van der Waals surface area contributed by atoms with Crippen LogP contribution in [0.5, 0.6) is 5.75 Å². The van der Waals surface area contributed by atoms with E-state index in [1.54, 1.807) is 6.92 Å². The Balaban J connectivity index is 1.75. The van der Waals surface area contributed by atoms with Gasteiger partial charge in [0.15, 0.2) is 0 Å². The zero-order valence-electron chi connectivity index (χ0n) is 16.2. The second-order valence-electron chi connectivity index (χ2n) is 6.86. The Morgan fingerprint density at radius 2 is 1.45 bits per heavy atom. The SMILES string of the molecule is Cc1ccc(O)c(CCCOC(c2ccccc2)c2ccccc2)c1S(=O)(=O)O. The molecule has 0 saturated carbocycles. The molecule has 0 amide bonds. The van der Waals surface area contributed by atoms with Crippen molar-refractivity contribution in [3.05, 3.63) is 95.1 Å². The molecule has 0 spiro atoms. The van der Waals surface area contributed by atoms with Gasteiger partial charge in [-0.3, -0.25) is 4.55 Å². The van der Waals surface area contributed by atoms with Gasteiger partial charge >= 0.3 is 0 Å². The lowest BCUT2D eigenvalue weighted by Crippen LogP contribution is -2.10. The Kier molecular flexibility index (Phi) is 6.69. The Bertz CT molecular complexity index is 1010. The maximum atomic E-state index is 11.8. The van der Waals surface area contributed by atoms with Gasteiger partial charge in [-0.25, -0.2) is 0 Å². The van der Waals surface area contributed by atoms with E-state index < -0.39 is 10.1 Å². The summed E-state index contributed by atoms with van der Waals surface area (Å²) >= 11 is 0. The number of benzene rings is 3. The number of rotatable bonds is 8. The summed E-state index contributed by atoms with van der Waals surface area (Å²) in [5, 5.41) is 10.1. The number of hydrogen-bond donors (Lipinski definition) is 2. The Hall–Kier alpha value is -2.67. The first-order valence-electron chi connectivity index (χ1n) is 9.38. The van der Waals surface area contributed by atoms with E-state index in [4.69, 9.17) is 4.74 Å². The van der Waals surface area contributed by atoms with Crippen LogP contribution in [0.4, 0.5) is 0 Å². The topological polar surface area (TPSA) is 83.8 Å². The number of ether oxygens (including phenoxy) is 1. The highest BCUT2D eigenvalue weighted by molar-refractivity contribution is 7.86. The van der Waals surface area contributed by atoms with Gasteiger partial charge in [-0.05, 0) is 42.5 Å².